The van der Waals surface area contributed by atoms with Crippen molar-refractivity contribution in [2.24, 2.45) is 5.73 Å². The van der Waals surface area contributed by atoms with Gasteiger partial charge in [-0.15, -0.1) is 0 Å². The SMILES string of the molecule is NC(c1ccsc1)c1cccc(OC2CC2)c1. The first-order valence-corrected chi connectivity index (χ1v) is 6.81. The summed E-state index contributed by atoms with van der Waals surface area (Å²) in [5.41, 5.74) is 8.51. The Kier molecular flexibility index (Phi) is 2.87. The molecule has 1 fully saturated rings. The zero-order valence-electron chi connectivity index (χ0n) is 9.50. The van der Waals surface area contributed by atoms with Crippen molar-refractivity contribution in [1.29, 1.82) is 0 Å². The largest absolute Gasteiger partial charge is 0.490 e. The summed E-state index contributed by atoms with van der Waals surface area (Å²) in [6.45, 7) is 0. The maximum absolute atomic E-state index is 6.23. The van der Waals surface area contributed by atoms with Gasteiger partial charge in [-0.2, -0.15) is 11.3 Å². The lowest BCUT2D eigenvalue weighted by Crippen LogP contribution is -2.11. The van der Waals surface area contributed by atoms with E-state index in [9.17, 15) is 0 Å². The van der Waals surface area contributed by atoms with Crippen molar-refractivity contribution in [2.45, 2.75) is 25.0 Å². The van der Waals surface area contributed by atoms with Gasteiger partial charge in [-0.25, -0.2) is 0 Å². The minimum absolute atomic E-state index is 0.0518. The van der Waals surface area contributed by atoms with Crippen LogP contribution in [0.15, 0.2) is 41.1 Å². The van der Waals surface area contributed by atoms with Crippen molar-refractivity contribution in [2.75, 3.05) is 0 Å². The Morgan fingerprint density at radius 3 is 2.82 bits per heavy atom. The van der Waals surface area contributed by atoms with Crippen molar-refractivity contribution in [3.8, 4) is 5.75 Å². The van der Waals surface area contributed by atoms with Crippen LogP contribution in [0.4, 0.5) is 0 Å². The van der Waals surface area contributed by atoms with E-state index in [0.717, 1.165) is 11.3 Å². The third-order valence-electron chi connectivity index (χ3n) is 2.95. The molecular weight excluding hydrogens is 230 g/mol. The Morgan fingerprint density at radius 2 is 2.12 bits per heavy atom. The normalized spacial score (nSPS) is 16.8. The number of thiophene rings is 1. The Morgan fingerprint density at radius 1 is 1.24 bits per heavy atom. The van der Waals surface area contributed by atoms with Gasteiger partial charge in [-0.05, 0) is 52.9 Å². The summed E-state index contributed by atoms with van der Waals surface area (Å²) in [5, 5.41) is 4.15. The Hall–Kier alpha value is -1.32. The van der Waals surface area contributed by atoms with E-state index >= 15 is 0 Å². The molecule has 88 valence electrons. The highest BCUT2D eigenvalue weighted by molar-refractivity contribution is 7.08. The summed E-state index contributed by atoms with van der Waals surface area (Å²) in [5.74, 6) is 0.940. The first-order valence-electron chi connectivity index (χ1n) is 5.87. The molecule has 0 spiro atoms. The summed E-state index contributed by atoms with van der Waals surface area (Å²) in [7, 11) is 0. The Bertz CT molecular complexity index is 491. The van der Waals surface area contributed by atoms with Crippen molar-refractivity contribution < 1.29 is 4.74 Å². The summed E-state index contributed by atoms with van der Waals surface area (Å²) in [6, 6.07) is 10.2. The summed E-state index contributed by atoms with van der Waals surface area (Å²) >= 11 is 1.68. The number of rotatable bonds is 4. The quantitative estimate of drug-likeness (QED) is 0.896. The number of ether oxygens (including phenoxy) is 1. The van der Waals surface area contributed by atoms with Crippen LogP contribution in [0.2, 0.25) is 0 Å². The highest BCUT2D eigenvalue weighted by atomic mass is 32.1. The second kappa shape index (κ2) is 4.51. The van der Waals surface area contributed by atoms with Gasteiger partial charge in [0.05, 0.1) is 12.1 Å². The highest BCUT2D eigenvalue weighted by Gasteiger charge is 2.23. The van der Waals surface area contributed by atoms with Crippen molar-refractivity contribution >= 4 is 11.3 Å². The van der Waals surface area contributed by atoms with Crippen molar-refractivity contribution in [3.63, 3.8) is 0 Å². The predicted molar refractivity (Wildman–Crippen MR) is 70.4 cm³/mol. The molecule has 1 heterocycles. The van der Waals surface area contributed by atoms with Crippen LogP contribution in [0.5, 0.6) is 5.75 Å². The Balaban J connectivity index is 1.81. The molecular formula is C14H15NOS. The van der Waals surface area contributed by atoms with Crippen LogP contribution in [0.3, 0.4) is 0 Å². The highest BCUT2D eigenvalue weighted by Crippen LogP contribution is 2.29. The summed E-state index contributed by atoms with van der Waals surface area (Å²) in [4.78, 5) is 0. The minimum atomic E-state index is -0.0518. The average molecular weight is 245 g/mol. The number of hydrogen-bond acceptors (Lipinski definition) is 3. The second-order valence-corrected chi connectivity index (χ2v) is 5.20. The molecule has 1 unspecified atom stereocenters. The molecule has 0 aliphatic heterocycles. The topological polar surface area (TPSA) is 35.2 Å². The third-order valence-corrected chi connectivity index (χ3v) is 3.65. The van der Waals surface area contributed by atoms with E-state index in [2.05, 4.69) is 29.0 Å². The number of nitrogens with two attached hydrogens (primary N) is 1. The molecule has 1 aliphatic rings. The fourth-order valence-corrected chi connectivity index (χ4v) is 2.50. The van der Waals surface area contributed by atoms with Crippen molar-refractivity contribution in [1.82, 2.24) is 0 Å². The summed E-state index contributed by atoms with van der Waals surface area (Å²) < 4.78 is 5.78. The first-order chi connectivity index (χ1) is 8.33. The fraction of sp³-hybridized carbons (Fsp3) is 0.286. The van der Waals surface area contributed by atoms with E-state index in [-0.39, 0.29) is 6.04 Å². The average Bonchev–Trinajstić information content (AvgIpc) is 2.99. The van der Waals surface area contributed by atoms with Gasteiger partial charge in [0.15, 0.2) is 0 Å². The zero-order chi connectivity index (χ0) is 11.7. The maximum atomic E-state index is 6.23. The van der Waals surface area contributed by atoms with Gasteiger partial charge in [0, 0.05) is 0 Å². The molecule has 2 N–H and O–H groups in total. The monoisotopic (exact) mass is 245 g/mol. The molecule has 0 saturated heterocycles. The molecule has 1 aliphatic carbocycles. The Labute approximate surface area is 105 Å². The molecule has 17 heavy (non-hydrogen) atoms. The molecule has 0 bridgehead atoms. The maximum Gasteiger partial charge on any atom is 0.120 e. The minimum Gasteiger partial charge on any atom is -0.490 e. The van der Waals surface area contributed by atoms with Crippen LogP contribution in [0.25, 0.3) is 0 Å². The van der Waals surface area contributed by atoms with Gasteiger partial charge in [0.1, 0.15) is 5.75 Å². The molecule has 0 radical (unpaired) electrons. The zero-order valence-corrected chi connectivity index (χ0v) is 10.3. The van der Waals surface area contributed by atoms with Gasteiger partial charge >= 0.3 is 0 Å². The van der Waals surface area contributed by atoms with Gasteiger partial charge in [0.2, 0.25) is 0 Å². The molecule has 1 saturated carbocycles. The number of hydrogen-bond donors (Lipinski definition) is 1. The van der Waals surface area contributed by atoms with E-state index in [1.807, 2.05) is 12.1 Å². The first kappa shape index (κ1) is 10.8. The standard InChI is InChI=1S/C14H15NOS/c15-14(11-6-7-17-9-11)10-2-1-3-13(8-10)16-12-4-5-12/h1-3,6-9,12,14H,4-5,15H2. The van der Waals surface area contributed by atoms with Crippen LogP contribution in [0.1, 0.15) is 30.0 Å². The second-order valence-electron chi connectivity index (χ2n) is 4.42. The third kappa shape index (κ3) is 2.51. The molecule has 2 nitrogen and oxygen atoms in total. The molecule has 1 atom stereocenters. The molecule has 1 aromatic carbocycles. The molecule has 3 rings (SSSR count). The lowest BCUT2D eigenvalue weighted by Gasteiger charge is -2.12. The fourth-order valence-electron chi connectivity index (χ4n) is 1.80. The van der Waals surface area contributed by atoms with Gasteiger partial charge in [0.25, 0.3) is 0 Å². The van der Waals surface area contributed by atoms with E-state index in [1.54, 1.807) is 11.3 Å². The lowest BCUT2D eigenvalue weighted by molar-refractivity contribution is 0.303. The van der Waals surface area contributed by atoms with Crippen LogP contribution in [-0.4, -0.2) is 6.10 Å². The van der Waals surface area contributed by atoms with Crippen LogP contribution in [0, 0.1) is 0 Å². The molecule has 3 heteroatoms. The lowest BCUT2D eigenvalue weighted by atomic mass is 10.0. The van der Waals surface area contributed by atoms with Crippen LogP contribution < -0.4 is 10.5 Å². The van der Waals surface area contributed by atoms with E-state index < -0.39 is 0 Å². The van der Waals surface area contributed by atoms with Gasteiger partial charge in [-0.3, -0.25) is 0 Å². The molecule has 2 aromatic rings. The van der Waals surface area contributed by atoms with Gasteiger partial charge < -0.3 is 10.5 Å². The predicted octanol–water partition coefficient (Wildman–Crippen LogP) is 3.34. The smallest absolute Gasteiger partial charge is 0.120 e. The van der Waals surface area contributed by atoms with Crippen molar-refractivity contribution in [3.05, 3.63) is 52.2 Å². The molecule has 1 aromatic heterocycles. The summed E-state index contributed by atoms with van der Waals surface area (Å²) in [6.07, 6.45) is 2.80. The van der Waals surface area contributed by atoms with Crippen LogP contribution >= 0.6 is 11.3 Å². The van der Waals surface area contributed by atoms with Crippen LogP contribution in [-0.2, 0) is 0 Å². The van der Waals surface area contributed by atoms with E-state index in [4.69, 9.17) is 10.5 Å². The van der Waals surface area contributed by atoms with Gasteiger partial charge in [-0.1, -0.05) is 12.1 Å². The van der Waals surface area contributed by atoms with E-state index in [1.165, 1.54) is 18.4 Å². The van der Waals surface area contributed by atoms with E-state index in [0.29, 0.717) is 6.10 Å². The number of benzene rings is 1. The molecule has 0 amide bonds.